The minimum absolute atomic E-state index is 0.0396. The molecule has 8 heteroatoms. The van der Waals surface area contributed by atoms with E-state index in [0.717, 1.165) is 6.26 Å². The molecule has 90 valence electrons. The molecule has 0 aliphatic heterocycles. The van der Waals surface area contributed by atoms with Gasteiger partial charge in [-0.2, -0.15) is 9.97 Å². The third-order valence-electron chi connectivity index (χ3n) is 1.72. The topological polar surface area (TPSA) is 92.3 Å². The number of carbonyl (C=O) groups excluding carboxylic acids is 1. The van der Waals surface area contributed by atoms with Gasteiger partial charge in [0.05, 0.1) is 6.61 Å². The van der Waals surface area contributed by atoms with Gasteiger partial charge in [-0.15, -0.1) is 5.10 Å². The highest BCUT2D eigenvalue weighted by Crippen LogP contribution is 2.16. The average molecular weight is 238 g/mol. The van der Waals surface area contributed by atoms with Crippen molar-refractivity contribution in [2.45, 2.75) is 6.92 Å². The largest absolute Gasteiger partial charge is 0.461 e. The number of aryl methyl sites for hydroxylation is 1. The third-order valence-corrected chi connectivity index (χ3v) is 1.72. The summed E-state index contributed by atoms with van der Waals surface area (Å²) in [6, 6.07) is 0.0877. The van der Waals surface area contributed by atoms with Crippen LogP contribution >= 0.6 is 0 Å². The molecule has 0 aromatic carbocycles. The number of nitrogens with zero attached hydrogens (tertiary/aromatic N) is 4. The lowest BCUT2D eigenvalue weighted by Crippen LogP contribution is -2.04. The normalized spacial score (nSPS) is 10.2. The van der Waals surface area contributed by atoms with Gasteiger partial charge in [0.1, 0.15) is 12.6 Å². The van der Waals surface area contributed by atoms with Crippen LogP contribution in [0.15, 0.2) is 17.0 Å². The second-order valence-electron chi connectivity index (χ2n) is 3.02. The van der Waals surface area contributed by atoms with Crippen molar-refractivity contribution >= 4 is 5.97 Å². The first kappa shape index (κ1) is 11.1. The van der Waals surface area contributed by atoms with Crippen molar-refractivity contribution < 1.29 is 18.7 Å². The standard InChI is InChI=1S/C9H10N4O4/c1-3-15-7(14)6-4-16-9(11-6)17-8-10-5-13(2)12-8/h4-5H,3H2,1-2H3. The van der Waals surface area contributed by atoms with Crippen LogP contribution in [0.2, 0.25) is 0 Å². The van der Waals surface area contributed by atoms with Crippen LogP contribution in [0.25, 0.3) is 0 Å². The predicted molar refractivity (Wildman–Crippen MR) is 53.5 cm³/mol. The molecule has 0 bridgehead atoms. The van der Waals surface area contributed by atoms with Crippen LogP contribution in [0.1, 0.15) is 17.4 Å². The van der Waals surface area contributed by atoms with Crippen molar-refractivity contribution in [2.75, 3.05) is 6.61 Å². The van der Waals surface area contributed by atoms with Gasteiger partial charge in [-0.05, 0) is 6.92 Å². The summed E-state index contributed by atoms with van der Waals surface area (Å²) in [6.45, 7) is 1.97. The quantitative estimate of drug-likeness (QED) is 0.726. The smallest absolute Gasteiger partial charge is 0.402 e. The maximum absolute atomic E-state index is 11.3. The first-order valence-corrected chi connectivity index (χ1v) is 4.85. The van der Waals surface area contributed by atoms with E-state index in [2.05, 4.69) is 15.1 Å². The Morgan fingerprint density at radius 1 is 1.59 bits per heavy atom. The van der Waals surface area contributed by atoms with Gasteiger partial charge in [-0.3, -0.25) is 4.68 Å². The van der Waals surface area contributed by atoms with Gasteiger partial charge < -0.3 is 13.9 Å². The average Bonchev–Trinajstić information content (AvgIpc) is 2.89. The number of carbonyl (C=O) groups is 1. The number of ether oxygens (including phenoxy) is 2. The molecule has 0 saturated carbocycles. The van der Waals surface area contributed by atoms with Crippen molar-refractivity contribution in [1.29, 1.82) is 0 Å². The maximum atomic E-state index is 11.3. The Hall–Kier alpha value is -2.38. The summed E-state index contributed by atoms with van der Waals surface area (Å²) in [4.78, 5) is 18.9. The van der Waals surface area contributed by atoms with E-state index < -0.39 is 5.97 Å². The van der Waals surface area contributed by atoms with Gasteiger partial charge in [0.25, 0.3) is 0 Å². The molecule has 0 radical (unpaired) electrons. The van der Waals surface area contributed by atoms with E-state index >= 15 is 0 Å². The Morgan fingerprint density at radius 2 is 2.41 bits per heavy atom. The van der Waals surface area contributed by atoms with Gasteiger partial charge in [0.15, 0.2) is 5.69 Å². The summed E-state index contributed by atoms with van der Waals surface area (Å²) < 4.78 is 16.2. The molecule has 0 spiro atoms. The van der Waals surface area contributed by atoms with Gasteiger partial charge in [0, 0.05) is 7.05 Å². The number of hydrogen-bond donors (Lipinski definition) is 0. The molecule has 2 aromatic rings. The molecule has 8 nitrogen and oxygen atoms in total. The molecule has 0 saturated heterocycles. The van der Waals surface area contributed by atoms with Crippen LogP contribution in [0.3, 0.4) is 0 Å². The van der Waals surface area contributed by atoms with Gasteiger partial charge in [0.2, 0.25) is 0 Å². The fourth-order valence-electron chi connectivity index (χ4n) is 1.05. The zero-order chi connectivity index (χ0) is 12.3. The summed E-state index contributed by atoms with van der Waals surface area (Å²) in [6.07, 6.45) is 2.50. The zero-order valence-electron chi connectivity index (χ0n) is 9.28. The van der Waals surface area contributed by atoms with Crippen molar-refractivity contribution in [3.8, 4) is 12.1 Å². The van der Waals surface area contributed by atoms with Crippen molar-refractivity contribution in [3.05, 3.63) is 18.3 Å². The minimum atomic E-state index is -0.569. The fraction of sp³-hybridized carbons (Fsp3) is 0.333. The fourth-order valence-corrected chi connectivity index (χ4v) is 1.05. The maximum Gasteiger partial charge on any atom is 0.402 e. The second-order valence-corrected chi connectivity index (χ2v) is 3.02. The summed E-state index contributed by atoms with van der Waals surface area (Å²) in [5, 5.41) is 3.86. The second kappa shape index (κ2) is 4.64. The zero-order valence-corrected chi connectivity index (χ0v) is 9.28. The number of aromatic nitrogens is 4. The summed E-state index contributed by atoms with van der Waals surface area (Å²) in [7, 11) is 1.69. The molecule has 0 amide bonds. The Morgan fingerprint density at radius 3 is 3.06 bits per heavy atom. The SMILES string of the molecule is CCOC(=O)c1coc(Oc2ncn(C)n2)n1. The Balaban J connectivity index is 2.06. The Labute approximate surface area is 96.2 Å². The monoisotopic (exact) mass is 238 g/mol. The van der Waals surface area contributed by atoms with Crippen molar-refractivity contribution in [3.63, 3.8) is 0 Å². The van der Waals surface area contributed by atoms with Crippen LogP contribution in [-0.4, -0.2) is 32.3 Å². The lowest BCUT2D eigenvalue weighted by atomic mass is 10.5. The highest BCUT2D eigenvalue weighted by molar-refractivity contribution is 5.86. The van der Waals surface area contributed by atoms with E-state index in [9.17, 15) is 4.79 Å². The van der Waals surface area contributed by atoms with Crippen LogP contribution in [0, 0.1) is 0 Å². The molecule has 2 heterocycles. The van der Waals surface area contributed by atoms with E-state index in [0.29, 0.717) is 0 Å². The highest BCUT2D eigenvalue weighted by atomic mass is 16.6. The number of hydrogen-bond acceptors (Lipinski definition) is 7. The van der Waals surface area contributed by atoms with Crippen LogP contribution in [0.4, 0.5) is 0 Å². The highest BCUT2D eigenvalue weighted by Gasteiger charge is 2.15. The summed E-state index contributed by atoms with van der Waals surface area (Å²) in [5.41, 5.74) is 0.0396. The molecular weight excluding hydrogens is 228 g/mol. The van der Waals surface area contributed by atoms with Crippen LogP contribution in [-0.2, 0) is 11.8 Å². The number of esters is 1. The molecule has 0 unspecified atom stereocenters. The van der Waals surface area contributed by atoms with Crippen molar-refractivity contribution in [2.24, 2.45) is 7.05 Å². The number of oxazole rings is 1. The van der Waals surface area contributed by atoms with E-state index in [-0.39, 0.29) is 24.4 Å². The molecule has 0 N–H and O–H groups in total. The molecule has 0 atom stereocenters. The molecular formula is C9H10N4O4. The lowest BCUT2D eigenvalue weighted by Gasteiger charge is -1.94. The summed E-state index contributed by atoms with van der Waals surface area (Å²) in [5.74, 6) is -0.569. The van der Waals surface area contributed by atoms with Crippen LogP contribution in [0.5, 0.6) is 12.1 Å². The Kier molecular flexibility index (Phi) is 3.03. The van der Waals surface area contributed by atoms with Gasteiger partial charge >= 0.3 is 18.1 Å². The summed E-state index contributed by atoms with van der Waals surface area (Å²) >= 11 is 0. The van der Waals surface area contributed by atoms with E-state index in [1.165, 1.54) is 11.0 Å². The first-order valence-electron chi connectivity index (χ1n) is 4.85. The van der Waals surface area contributed by atoms with Gasteiger partial charge in [-0.1, -0.05) is 0 Å². The van der Waals surface area contributed by atoms with E-state index in [1.807, 2.05) is 0 Å². The molecule has 0 aliphatic rings. The number of rotatable bonds is 4. The Bertz CT molecular complexity index is 519. The van der Waals surface area contributed by atoms with Gasteiger partial charge in [-0.25, -0.2) is 4.79 Å². The van der Waals surface area contributed by atoms with E-state index in [4.69, 9.17) is 13.9 Å². The van der Waals surface area contributed by atoms with E-state index in [1.54, 1.807) is 14.0 Å². The molecule has 17 heavy (non-hydrogen) atoms. The molecule has 0 fully saturated rings. The lowest BCUT2D eigenvalue weighted by molar-refractivity contribution is 0.0519. The molecule has 0 aliphatic carbocycles. The predicted octanol–water partition coefficient (Wildman–Crippen LogP) is 0.772. The van der Waals surface area contributed by atoms with Crippen LogP contribution < -0.4 is 4.74 Å². The minimum Gasteiger partial charge on any atom is -0.461 e. The third kappa shape index (κ3) is 2.60. The first-order chi connectivity index (χ1) is 8.19. The molecule has 2 aromatic heterocycles. The molecule has 2 rings (SSSR count). The van der Waals surface area contributed by atoms with Crippen molar-refractivity contribution in [1.82, 2.24) is 19.7 Å².